The van der Waals surface area contributed by atoms with E-state index >= 15 is 0 Å². The van der Waals surface area contributed by atoms with Crippen molar-refractivity contribution in [3.63, 3.8) is 0 Å². The van der Waals surface area contributed by atoms with Gasteiger partial charge in [-0.2, -0.15) is 4.79 Å². The summed E-state index contributed by atoms with van der Waals surface area (Å²) in [6.07, 6.45) is 3.56. The third-order valence-electron chi connectivity index (χ3n) is 3.62. The van der Waals surface area contributed by atoms with E-state index in [-0.39, 0.29) is 24.0 Å². The van der Waals surface area contributed by atoms with Gasteiger partial charge in [0.1, 0.15) is 0 Å². The van der Waals surface area contributed by atoms with Crippen LogP contribution in [0.3, 0.4) is 0 Å². The highest BCUT2D eigenvalue weighted by molar-refractivity contribution is 6.25. The maximum atomic E-state index is 11.6. The molecule has 0 aromatic rings. The van der Waals surface area contributed by atoms with Crippen molar-refractivity contribution in [2.24, 2.45) is 0 Å². The zero-order chi connectivity index (χ0) is 12.5. The number of carbonyl (C=O) groups excluding carboxylic acids is 3. The highest BCUT2D eigenvalue weighted by Gasteiger charge is 2.52. The molecule has 0 bridgehead atoms. The van der Waals surface area contributed by atoms with Crippen LogP contribution in [0.25, 0.3) is 5.53 Å². The second-order valence-electron chi connectivity index (χ2n) is 4.56. The van der Waals surface area contributed by atoms with Gasteiger partial charge in [-0.05, 0) is 19.3 Å². The number of hydrogen-bond donors (Lipinski definition) is 0. The van der Waals surface area contributed by atoms with Crippen molar-refractivity contribution in [1.82, 2.24) is 4.90 Å². The average molecular weight is 235 g/mol. The third-order valence-corrected chi connectivity index (χ3v) is 3.62. The van der Waals surface area contributed by atoms with Crippen molar-refractivity contribution in [3.05, 3.63) is 5.53 Å². The predicted octanol–water partition coefficient (Wildman–Crippen LogP) is 0.318. The van der Waals surface area contributed by atoms with Crippen LogP contribution in [0.15, 0.2) is 0 Å². The molecule has 2 fully saturated rings. The molecule has 0 saturated carbocycles. The molecule has 0 aromatic carbocycles. The van der Waals surface area contributed by atoms with Crippen LogP contribution in [0.2, 0.25) is 0 Å². The molecular formula is C11H13N3O3. The molecule has 2 rings (SSSR count). The summed E-state index contributed by atoms with van der Waals surface area (Å²) in [6.45, 7) is 0. The standard InChI is InChI=1S/C11H13N3O3/c12-13-7-8(15)1-4-11-5-2-9(16)14(11)10(17)3-6-11/h7H,1-6H2. The molecule has 0 N–H and O–H groups in total. The molecule has 0 radical (unpaired) electrons. The minimum Gasteiger partial charge on any atom is -0.361 e. The van der Waals surface area contributed by atoms with E-state index in [0.29, 0.717) is 32.1 Å². The lowest BCUT2D eigenvalue weighted by atomic mass is 9.88. The first-order valence-electron chi connectivity index (χ1n) is 5.65. The summed E-state index contributed by atoms with van der Waals surface area (Å²) in [6, 6.07) is 0. The normalized spacial score (nSPS) is 21.3. The Morgan fingerprint density at radius 1 is 1.35 bits per heavy atom. The molecule has 6 heteroatoms. The van der Waals surface area contributed by atoms with Crippen LogP contribution >= 0.6 is 0 Å². The lowest BCUT2D eigenvalue weighted by molar-refractivity contribution is -0.143. The summed E-state index contributed by atoms with van der Waals surface area (Å²) in [4.78, 5) is 38.5. The van der Waals surface area contributed by atoms with E-state index in [0.717, 1.165) is 6.21 Å². The first-order chi connectivity index (χ1) is 8.09. The summed E-state index contributed by atoms with van der Waals surface area (Å²) >= 11 is 0. The summed E-state index contributed by atoms with van der Waals surface area (Å²) in [7, 11) is 0. The van der Waals surface area contributed by atoms with Crippen LogP contribution in [0.4, 0.5) is 0 Å². The Kier molecular flexibility index (Phi) is 2.90. The van der Waals surface area contributed by atoms with Crippen molar-refractivity contribution in [2.45, 2.75) is 44.1 Å². The van der Waals surface area contributed by atoms with Crippen LogP contribution in [-0.2, 0) is 14.4 Å². The maximum Gasteiger partial charge on any atom is 0.323 e. The van der Waals surface area contributed by atoms with E-state index < -0.39 is 5.54 Å². The fourth-order valence-electron chi connectivity index (χ4n) is 2.77. The van der Waals surface area contributed by atoms with Gasteiger partial charge in [0, 0.05) is 19.3 Å². The van der Waals surface area contributed by atoms with Crippen LogP contribution < -0.4 is 0 Å². The molecule has 0 aliphatic carbocycles. The molecule has 17 heavy (non-hydrogen) atoms. The Bertz CT molecular complexity index is 417. The van der Waals surface area contributed by atoms with Gasteiger partial charge < -0.3 is 5.53 Å². The molecule has 90 valence electrons. The molecule has 0 aromatic heterocycles. The number of carbonyl (C=O) groups is 3. The number of imide groups is 1. The van der Waals surface area contributed by atoms with Crippen molar-refractivity contribution in [1.29, 1.82) is 0 Å². The van der Waals surface area contributed by atoms with Gasteiger partial charge in [0.15, 0.2) is 0 Å². The fourth-order valence-corrected chi connectivity index (χ4v) is 2.77. The lowest BCUT2D eigenvalue weighted by Gasteiger charge is -2.29. The van der Waals surface area contributed by atoms with Gasteiger partial charge in [-0.3, -0.25) is 19.3 Å². The largest absolute Gasteiger partial charge is 0.361 e. The predicted molar refractivity (Wildman–Crippen MR) is 57.0 cm³/mol. The fraction of sp³-hybridized carbons (Fsp3) is 0.636. The van der Waals surface area contributed by atoms with Gasteiger partial charge in [-0.15, -0.1) is 0 Å². The number of Topliss-reactive ketones (excluding diaryl/α,β-unsaturated/α-hetero) is 1. The summed E-state index contributed by atoms with van der Waals surface area (Å²) < 4.78 is 0. The van der Waals surface area contributed by atoms with E-state index in [2.05, 4.69) is 4.79 Å². The third kappa shape index (κ3) is 1.91. The van der Waals surface area contributed by atoms with Crippen LogP contribution in [0, 0.1) is 0 Å². The Morgan fingerprint density at radius 3 is 2.47 bits per heavy atom. The number of amides is 2. The summed E-state index contributed by atoms with van der Waals surface area (Å²) in [5.41, 5.74) is 7.78. The van der Waals surface area contributed by atoms with Crippen molar-refractivity contribution in [3.8, 4) is 0 Å². The Hall–Kier alpha value is -1.81. The Labute approximate surface area is 98.2 Å². The van der Waals surface area contributed by atoms with E-state index in [4.69, 9.17) is 5.53 Å². The lowest BCUT2D eigenvalue weighted by Crippen LogP contribution is -2.42. The summed E-state index contributed by atoms with van der Waals surface area (Å²) in [5, 5.41) is 0. The molecule has 0 spiro atoms. The number of rotatable bonds is 4. The molecule has 6 nitrogen and oxygen atoms in total. The number of fused-ring (bicyclic) bond motifs is 1. The van der Waals surface area contributed by atoms with Crippen molar-refractivity contribution < 1.29 is 19.2 Å². The number of nitrogens with zero attached hydrogens (tertiary/aromatic N) is 3. The first kappa shape index (κ1) is 11.7. The number of hydrogen-bond acceptors (Lipinski definition) is 3. The van der Waals surface area contributed by atoms with Crippen molar-refractivity contribution >= 4 is 23.8 Å². The zero-order valence-electron chi connectivity index (χ0n) is 9.39. The molecule has 2 aliphatic heterocycles. The summed E-state index contributed by atoms with van der Waals surface area (Å²) in [5.74, 6) is -0.549. The van der Waals surface area contributed by atoms with Gasteiger partial charge in [-0.1, -0.05) is 0 Å². The van der Waals surface area contributed by atoms with Gasteiger partial charge in [0.2, 0.25) is 17.6 Å². The van der Waals surface area contributed by atoms with Crippen LogP contribution in [-0.4, -0.2) is 39.0 Å². The SMILES string of the molecule is [N-]=[N+]=CC(=O)CCC12CCC(=O)N1C(=O)CC2. The molecule has 0 unspecified atom stereocenters. The Balaban J connectivity index is 2.08. The van der Waals surface area contributed by atoms with E-state index in [1.807, 2.05) is 0 Å². The molecule has 2 saturated heterocycles. The smallest absolute Gasteiger partial charge is 0.323 e. The van der Waals surface area contributed by atoms with Gasteiger partial charge in [-0.25, -0.2) is 0 Å². The molecule has 2 heterocycles. The van der Waals surface area contributed by atoms with Gasteiger partial charge >= 0.3 is 6.21 Å². The quantitative estimate of drug-likeness (QED) is 0.304. The number of ketones is 1. The van der Waals surface area contributed by atoms with Crippen molar-refractivity contribution in [2.75, 3.05) is 0 Å². The molecule has 2 amide bonds. The first-order valence-corrected chi connectivity index (χ1v) is 5.65. The highest BCUT2D eigenvalue weighted by Crippen LogP contribution is 2.43. The zero-order valence-corrected chi connectivity index (χ0v) is 9.39. The van der Waals surface area contributed by atoms with E-state index in [9.17, 15) is 14.4 Å². The second kappa shape index (κ2) is 4.22. The molecule has 2 aliphatic rings. The van der Waals surface area contributed by atoms with Crippen LogP contribution in [0.5, 0.6) is 0 Å². The van der Waals surface area contributed by atoms with Crippen LogP contribution in [0.1, 0.15) is 38.5 Å². The van der Waals surface area contributed by atoms with E-state index in [1.165, 1.54) is 4.90 Å². The maximum absolute atomic E-state index is 11.6. The second-order valence-corrected chi connectivity index (χ2v) is 4.56. The van der Waals surface area contributed by atoms with Gasteiger partial charge in [0.25, 0.3) is 0 Å². The van der Waals surface area contributed by atoms with Gasteiger partial charge in [0.05, 0.1) is 5.54 Å². The highest BCUT2D eigenvalue weighted by atomic mass is 16.2. The minimum atomic E-state index is -0.451. The van der Waals surface area contributed by atoms with E-state index in [1.54, 1.807) is 0 Å². The Morgan fingerprint density at radius 2 is 1.94 bits per heavy atom. The average Bonchev–Trinajstić information content (AvgIpc) is 2.78. The monoisotopic (exact) mass is 235 g/mol. The topological polar surface area (TPSA) is 90.8 Å². The molecular weight excluding hydrogens is 222 g/mol. The molecule has 0 atom stereocenters. The minimum absolute atomic E-state index is 0.129.